The fraction of sp³-hybridized carbons (Fsp3) is 0.139. The maximum Gasteiger partial charge on any atom is 0.319 e. The van der Waals surface area contributed by atoms with Crippen molar-refractivity contribution in [2.75, 3.05) is 7.11 Å². The molecule has 5 heteroatoms. The van der Waals surface area contributed by atoms with Crippen molar-refractivity contribution >= 4 is 51.5 Å². The molecule has 1 saturated carbocycles. The van der Waals surface area contributed by atoms with E-state index >= 15 is 0 Å². The molecule has 1 fully saturated rings. The molecule has 0 radical (unpaired) electrons. The van der Waals surface area contributed by atoms with Crippen molar-refractivity contribution in [1.82, 2.24) is 9.97 Å². The molecule has 1 heterocycles. The number of nitrogens with zero attached hydrogens (tertiary/aromatic N) is 2. The number of rotatable bonds is 6. The number of ether oxygens (including phenoxy) is 1. The van der Waals surface area contributed by atoms with E-state index in [1.807, 2.05) is 18.2 Å². The van der Waals surface area contributed by atoms with Gasteiger partial charge in [0.15, 0.2) is 0 Å². The minimum Gasteiger partial charge on any atom is -0.468 e. The van der Waals surface area contributed by atoms with Crippen LogP contribution < -0.4 is 15.9 Å². The lowest BCUT2D eigenvalue weighted by atomic mass is 9.68. The number of carbonyl (C=O) groups excluding carboxylic acids is 1. The summed E-state index contributed by atoms with van der Waals surface area (Å²) in [4.78, 5) is 23.5. The highest BCUT2D eigenvalue weighted by molar-refractivity contribution is 7.80. The van der Waals surface area contributed by atoms with Crippen LogP contribution >= 0.6 is 7.92 Å². The van der Waals surface area contributed by atoms with Crippen LogP contribution in [0.5, 0.6) is 0 Å². The van der Waals surface area contributed by atoms with Gasteiger partial charge < -0.3 is 4.74 Å². The molecular weight excluding hydrogens is 523 g/mol. The summed E-state index contributed by atoms with van der Waals surface area (Å²) in [5.41, 5.74) is 2.00. The molecule has 7 rings (SSSR count). The summed E-state index contributed by atoms with van der Waals surface area (Å²) in [6, 6.07) is 42.7. The number of aromatic nitrogens is 2. The van der Waals surface area contributed by atoms with Gasteiger partial charge >= 0.3 is 5.97 Å². The van der Waals surface area contributed by atoms with Crippen LogP contribution in [0.15, 0.2) is 121 Å². The number of para-hydroxylation sites is 1. The van der Waals surface area contributed by atoms with Gasteiger partial charge in [-0.15, -0.1) is 0 Å². The third-order valence-corrected chi connectivity index (χ3v) is 10.7. The van der Waals surface area contributed by atoms with Gasteiger partial charge in [0.2, 0.25) is 0 Å². The van der Waals surface area contributed by atoms with Gasteiger partial charge in [-0.25, -0.2) is 9.97 Å². The number of methoxy groups -OCH3 is 1. The second-order valence-corrected chi connectivity index (χ2v) is 12.7. The highest BCUT2D eigenvalue weighted by Crippen LogP contribution is 2.46. The minimum absolute atomic E-state index is 0.251. The van der Waals surface area contributed by atoms with Gasteiger partial charge in [-0.1, -0.05) is 122 Å². The number of hydrogen-bond acceptors (Lipinski definition) is 4. The van der Waals surface area contributed by atoms with E-state index in [0.717, 1.165) is 39.4 Å². The van der Waals surface area contributed by atoms with Gasteiger partial charge in [0.25, 0.3) is 0 Å². The molecule has 1 aliphatic rings. The van der Waals surface area contributed by atoms with Crippen LogP contribution in [0.25, 0.3) is 32.9 Å². The number of benzene rings is 5. The Hall–Kier alpha value is -4.40. The number of fused-ring (bicyclic) bond motifs is 2. The summed E-state index contributed by atoms with van der Waals surface area (Å²) < 4.78 is 5.30. The van der Waals surface area contributed by atoms with Gasteiger partial charge in [0.1, 0.15) is 11.2 Å². The minimum atomic E-state index is -0.914. The van der Waals surface area contributed by atoms with E-state index in [2.05, 4.69) is 103 Å². The molecule has 1 aliphatic carbocycles. The zero-order valence-electron chi connectivity index (χ0n) is 22.8. The van der Waals surface area contributed by atoms with Crippen LogP contribution in [-0.4, -0.2) is 23.0 Å². The summed E-state index contributed by atoms with van der Waals surface area (Å²) in [5.74, 6) is 0.311. The molecule has 0 spiro atoms. The molecule has 6 aromatic rings. The predicted octanol–water partition coefficient (Wildman–Crippen LogP) is 6.80. The average molecular weight is 553 g/mol. The first kappa shape index (κ1) is 25.6. The monoisotopic (exact) mass is 552 g/mol. The zero-order chi connectivity index (χ0) is 27.8. The average Bonchev–Trinajstić information content (AvgIpc) is 3.01. The fourth-order valence-electron chi connectivity index (χ4n) is 6.00. The molecule has 41 heavy (non-hydrogen) atoms. The molecule has 5 aromatic carbocycles. The molecule has 200 valence electrons. The first-order valence-corrected chi connectivity index (χ1v) is 15.3. The maximum absolute atomic E-state index is 13.2. The molecule has 4 nitrogen and oxygen atoms in total. The third kappa shape index (κ3) is 4.31. The normalized spacial score (nSPS) is 14.2. The van der Waals surface area contributed by atoms with Gasteiger partial charge in [0.05, 0.1) is 18.3 Å². The first-order chi connectivity index (χ1) is 20.2. The van der Waals surface area contributed by atoms with Crippen molar-refractivity contribution in [3.8, 4) is 11.3 Å². The second kappa shape index (κ2) is 10.5. The largest absolute Gasteiger partial charge is 0.468 e. The Morgan fingerprint density at radius 3 is 1.95 bits per heavy atom. The van der Waals surface area contributed by atoms with E-state index in [4.69, 9.17) is 14.7 Å². The summed E-state index contributed by atoms with van der Waals surface area (Å²) in [7, 11) is 0.545. The number of hydrogen-bond donors (Lipinski definition) is 0. The van der Waals surface area contributed by atoms with Crippen molar-refractivity contribution in [1.29, 1.82) is 0 Å². The predicted molar refractivity (Wildman–Crippen MR) is 169 cm³/mol. The van der Waals surface area contributed by atoms with Gasteiger partial charge in [-0.2, -0.15) is 0 Å². The Kier molecular flexibility index (Phi) is 6.57. The van der Waals surface area contributed by atoms with Gasteiger partial charge in [-0.05, 0) is 53.5 Å². The molecule has 0 bridgehead atoms. The lowest BCUT2D eigenvalue weighted by Crippen LogP contribution is -2.44. The van der Waals surface area contributed by atoms with E-state index in [0.29, 0.717) is 18.7 Å². The summed E-state index contributed by atoms with van der Waals surface area (Å²) in [6.45, 7) is 0. The smallest absolute Gasteiger partial charge is 0.319 e. The summed E-state index contributed by atoms with van der Waals surface area (Å²) in [6.07, 6.45) is 2.34. The van der Waals surface area contributed by atoms with Crippen LogP contribution in [0.1, 0.15) is 25.1 Å². The Morgan fingerprint density at radius 2 is 1.32 bits per heavy atom. The highest BCUT2D eigenvalue weighted by atomic mass is 31.1. The van der Waals surface area contributed by atoms with Crippen LogP contribution in [0.3, 0.4) is 0 Å². The Balaban J connectivity index is 1.59. The fourth-order valence-corrected chi connectivity index (χ4v) is 8.47. The molecule has 1 aromatic heterocycles. The lowest BCUT2D eigenvalue weighted by Gasteiger charge is -2.37. The molecule has 0 aliphatic heterocycles. The molecule has 0 amide bonds. The summed E-state index contributed by atoms with van der Waals surface area (Å²) in [5, 5.41) is 7.04. The zero-order valence-corrected chi connectivity index (χ0v) is 23.7. The Bertz CT molecular complexity index is 1850. The lowest BCUT2D eigenvalue weighted by molar-refractivity contribution is -0.151. The molecule has 0 unspecified atom stereocenters. The van der Waals surface area contributed by atoms with Crippen LogP contribution in [0.4, 0.5) is 0 Å². The first-order valence-electron chi connectivity index (χ1n) is 14.0. The molecular formula is C36H29N2O2P. The third-order valence-electron chi connectivity index (χ3n) is 8.23. The standard InChI is InChI=1S/C36H29N2O2P/c1-40-35(39)36(23-12-24-36)34-37-30-20-11-10-19-29(30)33(38-34)32-28-18-9-8-13-25(28)21-22-31(32)41(26-14-4-2-5-15-26)27-16-6-3-7-17-27/h2-11,13-22H,12,23-24H2,1H3. The quantitative estimate of drug-likeness (QED) is 0.168. The topological polar surface area (TPSA) is 52.1 Å². The van der Waals surface area contributed by atoms with Gasteiger partial charge in [0, 0.05) is 10.9 Å². The van der Waals surface area contributed by atoms with Gasteiger partial charge in [-0.3, -0.25) is 4.79 Å². The van der Waals surface area contributed by atoms with E-state index < -0.39 is 13.3 Å². The number of esters is 1. The summed E-state index contributed by atoms with van der Waals surface area (Å²) >= 11 is 0. The van der Waals surface area contributed by atoms with Crippen molar-refractivity contribution in [2.45, 2.75) is 24.7 Å². The van der Waals surface area contributed by atoms with E-state index in [-0.39, 0.29) is 5.97 Å². The Morgan fingerprint density at radius 1 is 0.707 bits per heavy atom. The number of carbonyl (C=O) groups is 1. The van der Waals surface area contributed by atoms with Crippen molar-refractivity contribution in [2.24, 2.45) is 0 Å². The van der Waals surface area contributed by atoms with Crippen molar-refractivity contribution < 1.29 is 9.53 Å². The second-order valence-electron chi connectivity index (χ2n) is 10.5. The van der Waals surface area contributed by atoms with Crippen molar-refractivity contribution in [3.63, 3.8) is 0 Å². The van der Waals surface area contributed by atoms with Crippen molar-refractivity contribution in [3.05, 3.63) is 127 Å². The SMILES string of the molecule is COC(=O)C1(c2nc(-c3c(P(c4ccccc4)c4ccccc4)ccc4ccccc34)c3ccccc3n2)CCC1. The molecule has 0 atom stereocenters. The van der Waals surface area contributed by atoms with E-state index in [9.17, 15) is 4.79 Å². The Labute approximate surface area is 240 Å². The molecule has 0 saturated heterocycles. The van der Waals surface area contributed by atoms with E-state index in [1.165, 1.54) is 23.0 Å². The van der Waals surface area contributed by atoms with Crippen LogP contribution in [0.2, 0.25) is 0 Å². The van der Waals surface area contributed by atoms with Crippen LogP contribution in [-0.2, 0) is 14.9 Å². The van der Waals surface area contributed by atoms with Crippen LogP contribution in [0, 0.1) is 0 Å². The van der Waals surface area contributed by atoms with E-state index in [1.54, 1.807) is 0 Å². The molecule has 0 N–H and O–H groups in total. The highest BCUT2D eigenvalue weighted by Gasteiger charge is 2.50. The maximum atomic E-state index is 13.2.